The van der Waals surface area contributed by atoms with Crippen molar-refractivity contribution in [3.63, 3.8) is 0 Å². The van der Waals surface area contributed by atoms with Gasteiger partial charge in [0.25, 0.3) is 0 Å². The molecule has 17 heavy (non-hydrogen) atoms. The second-order valence-corrected chi connectivity index (χ2v) is 5.24. The number of nitrogens with one attached hydrogen (secondary N) is 2. The van der Waals surface area contributed by atoms with Gasteiger partial charge in [0.15, 0.2) is 5.89 Å². The first-order chi connectivity index (χ1) is 8.33. The number of aromatic nitrogens is 1. The summed E-state index contributed by atoms with van der Waals surface area (Å²) in [6, 6.07) is 0.572. The normalized spacial score (nSPS) is 29.0. The van der Waals surface area contributed by atoms with Crippen molar-refractivity contribution in [2.24, 2.45) is 0 Å². The number of aryl methyl sites for hydroxylation is 1. The number of hydrogen-bond donors (Lipinski definition) is 2. The summed E-state index contributed by atoms with van der Waals surface area (Å²) in [6.45, 7) is 5.35. The van der Waals surface area contributed by atoms with E-state index < -0.39 is 0 Å². The molecule has 3 rings (SSSR count). The van der Waals surface area contributed by atoms with Crippen molar-refractivity contribution < 1.29 is 4.42 Å². The molecule has 0 amide bonds. The Kier molecular flexibility index (Phi) is 3.16. The summed E-state index contributed by atoms with van der Waals surface area (Å²) in [6.07, 6.45) is 4.67. The van der Waals surface area contributed by atoms with Crippen LogP contribution < -0.4 is 10.6 Å². The minimum atomic E-state index is 0.559. The molecule has 3 heterocycles. The van der Waals surface area contributed by atoms with Crippen LogP contribution in [0.25, 0.3) is 0 Å². The predicted molar refractivity (Wildman–Crippen MR) is 66.2 cm³/mol. The highest BCUT2D eigenvalue weighted by molar-refractivity contribution is 5.16. The van der Waals surface area contributed by atoms with Crippen LogP contribution in [0.4, 0.5) is 0 Å². The molecule has 0 aromatic carbocycles. The van der Waals surface area contributed by atoms with Crippen LogP contribution in [-0.2, 0) is 6.42 Å². The van der Waals surface area contributed by atoms with Gasteiger partial charge in [-0.3, -0.25) is 0 Å². The second-order valence-electron chi connectivity index (χ2n) is 5.24. The van der Waals surface area contributed by atoms with Crippen LogP contribution in [0.5, 0.6) is 0 Å². The van der Waals surface area contributed by atoms with E-state index in [0.717, 1.165) is 37.7 Å². The Bertz CT molecular complexity index is 376. The largest absolute Gasteiger partial charge is 0.446 e. The van der Waals surface area contributed by atoms with Gasteiger partial charge in [0.2, 0.25) is 0 Å². The van der Waals surface area contributed by atoms with Crippen LogP contribution in [0.2, 0.25) is 0 Å². The Morgan fingerprint density at radius 2 is 2.29 bits per heavy atom. The zero-order valence-electron chi connectivity index (χ0n) is 10.5. The van der Waals surface area contributed by atoms with E-state index in [9.17, 15) is 0 Å². The van der Waals surface area contributed by atoms with E-state index in [2.05, 4.69) is 10.6 Å². The Labute approximate surface area is 102 Å². The zero-order chi connectivity index (χ0) is 11.7. The van der Waals surface area contributed by atoms with Gasteiger partial charge in [0, 0.05) is 24.9 Å². The molecular weight excluding hydrogens is 214 g/mol. The maximum Gasteiger partial charge on any atom is 0.196 e. The zero-order valence-corrected chi connectivity index (χ0v) is 10.5. The highest BCUT2D eigenvalue weighted by Gasteiger charge is 2.24. The third-order valence-electron chi connectivity index (χ3n) is 3.91. The average molecular weight is 235 g/mol. The molecule has 2 saturated heterocycles. The Balaban J connectivity index is 1.70. The minimum absolute atomic E-state index is 0.559. The van der Waals surface area contributed by atoms with Gasteiger partial charge in [-0.1, -0.05) is 0 Å². The molecule has 2 atom stereocenters. The minimum Gasteiger partial charge on any atom is -0.446 e. The van der Waals surface area contributed by atoms with Gasteiger partial charge in [-0.05, 0) is 39.3 Å². The van der Waals surface area contributed by atoms with E-state index >= 15 is 0 Å². The molecule has 0 aliphatic carbocycles. The molecule has 0 radical (unpaired) electrons. The second kappa shape index (κ2) is 4.78. The van der Waals surface area contributed by atoms with Gasteiger partial charge in [-0.2, -0.15) is 0 Å². The Morgan fingerprint density at radius 3 is 3.00 bits per heavy atom. The first-order valence-electron chi connectivity index (χ1n) is 6.73. The summed E-state index contributed by atoms with van der Waals surface area (Å²) in [4.78, 5) is 4.71. The van der Waals surface area contributed by atoms with Crippen molar-refractivity contribution >= 4 is 0 Å². The molecule has 0 bridgehead atoms. The summed E-state index contributed by atoms with van der Waals surface area (Å²) in [7, 11) is 0. The highest BCUT2D eigenvalue weighted by atomic mass is 16.4. The number of oxazole rings is 1. The van der Waals surface area contributed by atoms with Crippen LogP contribution in [0, 0.1) is 6.92 Å². The smallest absolute Gasteiger partial charge is 0.196 e. The maximum atomic E-state index is 5.81. The van der Waals surface area contributed by atoms with E-state index in [0.29, 0.717) is 12.0 Å². The maximum absolute atomic E-state index is 5.81. The van der Waals surface area contributed by atoms with Crippen molar-refractivity contribution in [3.8, 4) is 0 Å². The lowest BCUT2D eigenvalue weighted by Gasteiger charge is -2.05. The van der Waals surface area contributed by atoms with Crippen molar-refractivity contribution in [3.05, 3.63) is 17.3 Å². The average Bonchev–Trinajstić information content (AvgIpc) is 3.00. The van der Waals surface area contributed by atoms with Crippen molar-refractivity contribution in [1.82, 2.24) is 15.6 Å². The first-order valence-corrected chi connectivity index (χ1v) is 6.73. The monoisotopic (exact) mass is 235 g/mol. The quantitative estimate of drug-likeness (QED) is 0.830. The number of nitrogens with zero attached hydrogens (tertiary/aromatic N) is 1. The van der Waals surface area contributed by atoms with Gasteiger partial charge >= 0.3 is 0 Å². The summed E-state index contributed by atoms with van der Waals surface area (Å²) in [5.41, 5.74) is 1.18. The highest BCUT2D eigenvalue weighted by Crippen LogP contribution is 2.26. The topological polar surface area (TPSA) is 50.1 Å². The lowest BCUT2D eigenvalue weighted by Crippen LogP contribution is -2.23. The van der Waals surface area contributed by atoms with Crippen LogP contribution >= 0.6 is 0 Å². The van der Waals surface area contributed by atoms with Gasteiger partial charge in [0.05, 0.1) is 5.69 Å². The lowest BCUT2D eigenvalue weighted by atomic mass is 10.0. The molecule has 0 saturated carbocycles. The van der Waals surface area contributed by atoms with E-state index in [1.165, 1.54) is 25.0 Å². The van der Waals surface area contributed by atoms with Gasteiger partial charge in [0.1, 0.15) is 5.76 Å². The van der Waals surface area contributed by atoms with E-state index in [1.54, 1.807) is 0 Å². The van der Waals surface area contributed by atoms with Gasteiger partial charge in [-0.25, -0.2) is 4.98 Å². The molecule has 2 aliphatic heterocycles. The molecule has 4 heteroatoms. The SMILES string of the molecule is Cc1oc(CC2CCCN2)nc1C1CCNC1. The van der Waals surface area contributed by atoms with Crippen molar-refractivity contribution in [2.75, 3.05) is 19.6 Å². The molecule has 2 unspecified atom stereocenters. The standard InChI is InChI=1S/C13H21N3O/c1-9-13(10-4-6-14-8-10)16-12(17-9)7-11-3-2-5-15-11/h10-11,14-15H,2-8H2,1H3. The molecular formula is C13H21N3O. The molecule has 2 N–H and O–H groups in total. The Morgan fingerprint density at radius 1 is 1.35 bits per heavy atom. The van der Waals surface area contributed by atoms with Crippen LogP contribution in [-0.4, -0.2) is 30.7 Å². The first kappa shape index (κ1) is 11.2. The van der Waals surface area contributed by atoms with Gasteiger partial charge in [-0.15, -0.1) is 0 Å². The lowest BCUT2D eigenvalue weighted by molar-refractivity contribution is 0.439. The number of hydrogen-bond acceptors (Lipinski definition) is 4. The van der Waals surface area contributed by atoms with E-state index in [4.69, 9.17) is 9.40 Å². The van der Waals surface area contributed by atoms with Crippen LogP contribution in [0.3, 0.4) is 0 Å². The van der Waals surface area contributed by atoms with Crippen LogP contribution in [0.15, 0.2) is 4.42 Å². The molecule has 4 nitrogen and oxygen atoms in total. The fraction of sp³-hybridized carbons (Fsp3) is 0.769. The molecule has 94 valence electrons. The molecule has 1 aromatic heterocycles. The van der Waals surface area contributed by atoms with Crippen molar-refractivity contribution in [1.29, 1.82) is 0 Å². The molecule has 0 spiro atoms. The third kappa shape index (κ3) is 2.38. The van der Waals surface area contributed by atoms with E-state index in [-0.39, 0.29) is 0 Å². The fourth-order valence-corrected chi connectivity index (χ4v) is 2.96. The van der Waals surface area contributed by atoms with E-state index in [1.807, 2.05) is 6.92 Å². The predicted octanol–water partition coefficient (Wildman–Crippen LogP) is 1.35. The molecule has 2 fully saturated rings. The molecule has 2 aliphatic rings. The van der Waals surface area contributed by atoms with Gasteiger partial charge < -0.3 is 15.1 Å². The van der Waals surface area contributed by atoms with Crippen LogP contribution in [0.1, 0.15) is 42.5 Å². The summed E-state index contributed by atoms with van der Waals surface area (Å²) >= 11 is 0. The Hall–Kier alpha value is -0.870. The number of rotatable bonds is 3. The summed E-state index contributed by atoms with van der Waals surface area (Å²) in [5, 5.41) is 6.88. The third-order valence-corrected chi connectivity index (χ3v) is 3.91. The molecule has 1 aromatic rings. The fourth-order valence-electron chi connectivity index (χ4n) is 2.96. The summed E-state index contributed by atoms with van der Waals surface area (Å²) in [5.74, 6) is 2.50. The summed E-state index contributed by atoms with van der Waals surface area (Å²) < 4.78 is 5.81. The van der Waals surface area contributed by atoms with Crippen molar-refractivity contribution in [2.45, 2.75) is 44.6 Å².